The van der Waals surface area contributed by atoms with Crippen LogP contribution in [-0.4, -0.2) is 57.1 Å². The summed E-state index contributed by atoms with van der Waals surface area (Å²) in [6.07, 6.45) is 2.20. The van der Waals surface area contributed by atoms with Crippen molar-refractivity contribution in [2.75, 3.05) is 45.2 Å². The van der Waals surface area contributed by atoms with Crippen LogP contribution in [0.25, 0.3) is 10.8 Å². The zero-order valence-electron chi connectivity index (χ0n) is 17.9. The van der Waals surface area contributed by atoms with Crippen LogP contribution in [0.1, 0.15) is 32.3 Å². The summed E-state index contributed by atoms with van der Waals surface area (Å²) in [4.78, 5) is 9.70. The van der Waals surface area contributed by atoms with E-state index in [4.69, 9.17) is 4.99 Å². The second kappa shape index (κ2) is 13.3. The highest BCUT2D eigenvalue weighted by molar-refractivity contribution is 6.27. The molecule has 0 aromatic heterocycles. The highest BCUT2D eigenvalue weighted by atomic mass is 35.5. The van der Waals surface area contributed by atoms with Gasteiger partial charge in [0.05, 0.1) is 5.69 Å². The van der Waals surface area contributed by atoms with Gasteiger partial charge in [-0.3, -0.25) is 4.99 Å². The first kappa shape index (κ1) is 28.0. The van der Waals surface area contributed by atoms with Gasteiger partial charge in [-0.15, -0.1) is 37.2 Å². The maximum Gasteiger partial charge on any atom is 0.136 e. The van der Waals surface area contributed by atoms with Crippen molar-refractivity contribution in [2.45, 2.75) is 32.7 Å². The summed E-state index contributed by atoms with van der Waals surface area (Å²) in [6, 6.07) is 13.7. The van der Waals surface area contributed by atoms with Crippen LogP contribution in [0.15, 0.2) is 41.4 Å². The Balaban J connectivity index is 0.00000261. The van der Waals surface area contributed by atoms with E-state index in [9.17, 15) is 0 Å². The zero-order valence-corrected chi connectivity index (χ0v) is 20.3. The Bertz CT molecular complexity index is 772. The lowest BCUT2D eigenvalue weighted by Gasteiger charge is -2.22. The molecule has 1 N–H and O–H groups in total. The molecule has 0 amide bonds. The van der Waals surface area contributed by atoms with E-state index in [0.717, 1.165) is 44.9 Å². The number of halogens is 3. The number of amidine groups is 1. The van der Waals surface area contributed by atoms with Crippen molar-refractivity contribution in [3.8, 4) is 0 Å². The van der Waals surface area contributed by atoms with E-state index < -0.39 is 0 Å². The van der Waals surface area contributed by atoms with E-state index in [2.05, 4.69) is 79.5 Å². The predicted octanol–water partition coefficient (Wildman–Crippen LogP) is 5.01. The molecule has 29 heavy (non-hydrogen) atoms. The maximum atomic E-state index is 5.03. The fourth-order valence-electron chi connectivity index (χ4n) is 3.59. The number of hydrogen-bond acceptors (Lipinski definition) is 3. The van der Waals surface area contributed by atoms with Crippen LogP contribution < -0.4 is 10.2 Å². The third-order valence-electron chi connectivity index (χ3n) is 4.81. The monoisotopic (exact) mass is 460 g/mol. The quantitative estimate of drug-likeness (QED) is 0.532. The van der Waals surface area contributed by atoms with E-state index in [0.29, 0.717) is 6.04 Å². The van der Waals surface area contributed by atoms with Crippen molar-refractivity contribution < 1.29 is 0 Å². The van der Waals surface area contributed by atoms with Crippen LogP contribution in [0.3, 0.4) is 0 Å². The molecular formula is C22H35Cl3N4. The van der Waals surface area contributed by atoms with Crippen LogP contribution in [-0.2, 0) is 0 Å². The Morgan fingerprint density at radius 1 is 1.00 bits per heavy atom. The molecule has 1 aliphatic rings. The van der Waals surface area contributed by atoms with Crippen molar-refractivity contribution in [1.29, 1.82) is 0 Å². The minimum Gasteiger partial charge on any atom is -0.326 e. The molecule has 0 aliphatic carbocycles. The number of nitrogens with zero attached hydrogens (tertiary/aromatic N) is 3. The topological polar surface area (TPSA) is 30.9 Å². The summed E-state index contributed by atoms with van der Waals surface area (Å²) in [7, 11) is 4.27. The molecule has 0 atom stereocenters. The lowest BCUT2D eigenvalue weighted by atomic mass is 10.1. The number of benzene rings is 2. The predicted molar refractivity (Wildman–Crippen MR) is 135 cm³/mol. The lowest BCUT2D eigenvalue weighted by molar-refractivity contribution is 0.403. The molecule has 0 fully saturated rings. The van der Waals surface area contributed by atoms with Crippen molar-refractivity contribution in [2.24, 2.45) is 4.99 Å². The molecule has 164 valence electrons. The van der Waals surface area contributed by atoms with Crippen molar-refractivity contribution in [3.63, 3.8) is 0 Å². The van der Waals surface area contributed by atoms with Gasteiger partial charge in [-0.05, 0) is 51.5 Å². The van der Waals surface area contributed by atoms with E-state index in [1.54, 1.807) is 0 Å². The van der Waals surface area contributed by atoms with Crippen LogP contribution >= 0.6 is 37.2 Å². The zero-order chi connectivity index (χ0) is 18.5. The molecule has 1 heterocycles. The molecule has 0 radical (unpaired) electrons. The van der Waals surface area contributed by atoms with Crippen molar-refractivity contribution >= 4 is 59.5 Å². The number of anilines is 1. The Morgan fingerprint density at radius 2 is 1.69 bits per heavy atom. The number of nitrogens with one attached hydrogen (secondary N) is 1. The third-order valence-corrected chi connectivity index (χ3v) is 4.81. The highest BCUT2D eigenvalue weighted by Gasteiger charge is 2.27. The standard InChI is InChI=1S/C22H32N4.3ClH/c1-17(2)23-13-7-14-24-22-19-11-5-9-18-10-6-12-20(21(18)19)26(22)16-8-15-25(3)4;;;/h5-6,9-12,17,23H,7-8,13-16H2,1-4H3;3*1H. The normalized spacial score (nSPS) is 13.6. The Hall–Kier alpha value is -1.04. The second-order valence-electron chi connectivity index (χ2n) is 7.66. The molecule has 0 bridgehead atoms. The molecule has 7 heteroatoms. The van der Waals surface area contributed by atoms with Gasteiger partial charge < -0.3 is 15.1 Å². The van der Waals surface area contributed by atoms with Crippen molar-refractivity contribution in [3.05, 3.63) is 42.0 Å². The molecule has 0 unspecified atom stereocenters. The SMILES string of the molecule is CC(C)NCCCN=C1c2cccc3cccc(c23)N1CCCN(C)C.Cl.Cl.Cl. The van der Waals surface area contributed by atoms with Gasteiger partial charge in [0.25, 0.3) is 0 Å². The average molecular weight is 462 g/mol. The fraction of sp³-hybridized carbons (Fsp3) is 0.500. The molecule has 0 saturated heterocycles. The largest absolute Gasteiger partial charge is 0.326 e. The molecule has 1 aliphatic heterocycles. The van der Waals surface area contributed by atoms with Gasteiger partial charge in [0.15, 0.2) is 0 Å². The Labute approximate surface area is 194 Å². The van der Waals surface area contributed by atoms with E-state index in [1.807, 2.05) is 0 Å². The molecular weight excluding hydrogens is 427 g/mol. The Morgan fingerprint density at radius 3 is 2.34 bits per heavy atom. The van der Waals surface area contributed by atoms with Gasteiger partial charge in [0.1, 0.15) is 5.84 Å². The summed E-state index contributed by atoms with van der Waals surface area (Å²) in [5.41, 5.74) is 2.61. The Kier molecular flexibility index (Phi) is 12.8. The summed E-state index contributed by atoms with van der Waals surface area (Å²) in [5, 5.41) is 6.15. The van der Waals surface area contributed by atoms with Crippen LogP contribution in [0, 0.1) is 0 Å². The molecule has 2 aromatic rings. The summed E-state index contributed by atoms with van der Waals surface area (Å²) >= 11 is 0. The van der Waals surface area contributed by atoms with Gasteiger partial charge in [-0.2, -0.15) is 0 Å². The van der Waals surface area contributed by atoms with Crippen molar-refractivity contribution in [1.82, 2.24) is 10.2 Å². The molecule has 3 rings (SSSR count). The molecule has 0 saturated carbocycles. The van der Waals surface area contributed by atoms with Gasteiger partial charge in [-0.25, -0.2) is 0 Å². The van der Waals surface area contributed by atoms with E-state index in [1.165, 1.54) is 22.0 Å². The first-order valence-electron chi connectivity index (χ1n) is 9.80. The summed E-state index contributed by atoms with van der Waals surface area (Å²) in [5.74, 6) is 1.15. The minimum atomic E-state index is 0. The van der Waals surface area contributed by atoms with Crippen LogP contribution in [0.5, 0.6) is 0 Å². The lowest BCUT2D eigenvalue weighted by Crippen LogP contribution is -2.31. The maximum absolute atomic E-state index is 5.03. The number of rotatable bonds is 9. The molecule has 0 spiro atoms. The first-order valence-corrected chi connectivity index (χ1v) is 9.80. The first-order chi connectivity index (χ1) is 12.6. The third kappa shape index (κ3) is 7.01. The van der Waals surface area contributed by atoms with Gasteiger partial charge in [0, 0.05) is 30.1 Å². The van der Waals surface area contributed by atoms with Gasteiger partial charge in [0.2, 0.25) is 0 Å². The van der Waals surface area contributed by atoms with E-state index in [-0.39, 0.29) is 37.2 Å². The number of aliphatic imine (C=N–C) groups is 1. The van der Waals surface area contributed by atoms with E-state index >= 15 is 0 Å². The van der Waals surface area contributed by atoms with Crippen LogP contribution in [0.4, 0.5) is 5.69 Å². The number of hydrogen-bond donors (Lipinski definition) is 1. The smallest absolute Gasteiger partial charge is 0.136 e. The van der Waals surface area contributed by atoms with Gasteiger partial charge >= 0.3 is 0 Å². The highest BCUT2D eigenvalue weighted by Crippen LogP contribution is 2.37. The molecule has 2 aromatic carbocycles. The average Bonchev–Trinajstić information content (AvgIpc) is 2.90. The summed E-state index contributed by atoms with van der Waals surface area (Å²) < 4.78 is 0. The van der Waals surface area contributed by atoms with Gasteiger partial charge in [-0.1, -0.05) is 44.2 Å². The fourth-order valence-corrected chi connectivity index (χ4v) is 3.59. The summed E-state index contributed by atoms with van der Waals surface area (Å²) in [6.45, 7) is 8.36. The minimum absolute atomic E-state index is 0. The second-order valence-corrected chi connectivity index (χ2v) is 7.66. The van der Waals surface area contributed by atoms with Crippen LogP contribution in [0.2, 0.25) is 0 Å². The molecule has 4 nitrogen and oxygen atoms in total.